The van der Waals surface area contributed by atoms with Crippen LogP contribution in [0.25, 0.3) is 0 Å². The Morgan fingerprint density at radius 1 is 0.797 bits per heavy atom. The molecule has 14 heteroatoms. The number of nitrogens with zero attached hydrogens (tertiary/aromatic N) is 3. The monoisotopic (exact) mass is 820 g/mol. The number of hydrogen-bond donors (Lipinski definition) is 3. The number of aromatic hydroxyl groups is 1. The number of amides is 3. The number of phenolic OH excluding ortho intramolecular Hbond substituents is 1. The molecule has 0 bridgehead atoms. The molecule has 0 aromatic heterocycles. The van der Waals surface area contributed by atoms with Gasteiger partial charge in [0.05, 0.1) is 19.8 Å². The number of aliphatic hydroxyl groups is 1. The molecule has 1 aliphatic rings. The molecule has 0 aliphatic heterocycles. The molecule has 2 aromatic carbocycles. The Morgan fingerprint density at radius 3 is 1.85 bits per heavy atom. The van der Waals surface area contributed by atoms with Gasteiger partial charge in [-0.2, -0.15) is 0 Å². The zero-order valence-corrected chi connectivity index (χ0v) is 36.4. The maximum atomic E-state index is 14.6. The lowest BCUT2D eigenvalue weighted by molar-refractivity contribution is -0.164. The van der Waals surface area contributed by atoms with Crippen molar-refractivity contribution >= 4 is 29.7 Å². The van der Waals surface area contributed by atoms with Crippen molar-refractivity contribution in [1.29, 1.82) is 0 Å². The fraction of sp³-hybridized carbons (Fsp3) is 0.533. The van der Waals surface area contributed by atoms with E-state index in [1.807, 2.05) is 19.1 Å². The van der Waals surface area contributed by atoms with Gasteiger partial charge in [0.15, 0.2) is 6.10 Å². The van der Waals surface area contributed by atoms with Crippen molar-refractivity contribution in [2.24, 2.45) is 11.8 Å². The van der Waals surface area contributed by atoms with Crippen LogP contribution in [0.1, 0.15) is 65.0 Å². The molecule has 14 nitrogen and oxygen atoms in total. The van der Waals surface area contributed by atoms with Crippen LogP contribution in [0.15, 0.2) is 72.3 Å². The van der Waals surface area contributed by atoms with Gasteiger partial charge in [0.25, 0.3) is 5.91 Å². The molecule has 1 unspecified atom stereocenters. The highest BCUT2D eigenvalue weighted by molar-refractivity contribution is 5.95. The third kappa shape index (κ3) is 13.4. The Morgan fingerprint density at radius 2 is 1.36 bits per heavy atom. The number of phenols is 1. The lowest BCUT2D eigenvalue weighted by Gasteiger charge is -2.37. The van der Waals surface area contributed by atoms with Gasteiger partial charge in [-0.3, -0.25) is 24.1 Å². The van der Waals surface area contributed by atoms with Crippen LogP contribution in [-0.2, 0) is 46.3 Å². The van der Waals surface area contributed by atoms with Crippen LogP contribution in [0.3, 0.4) is 0 Å². The molecule has 3 N–H and O–H groups in total. The first-order valence-electron chi connectivity index (χ1n) is 20.0. The van der Waals surface area contributed by atoms with Crippen LogP contribution in [0.5, 0.6) is 11.5 Å². The SMILES string of the molecule is CC[C@H](C)[C@@H](OC(=O)[C@@H](Cc1ccc(OC)cc1)N(C)C)C(=O)N[C@H](C(=O)N(C)[C@H](Cc1ccc(O)cc1)C(=O)N(C)[C@@H](CC1=CCC(C)(O)C=C1)C(=O)OC)C(C)C. The molecule has 3 rings (SSSR count). The average molecular weight is 821 g/mol. The summed E-state index contributed by atoms with van der Waals surface area (Å²) >= 11 is 0. The number of carbonyl (C=O) groups excluding carboxylic acids is 5. The molecular weight excluding hydrogens is 757 g/mol. The van der Waals surface area contributed by atoms with Crippen molar-refractivity contribution in [2.75, 3.05) is 42.4 Å². The minimum Gasteiger partial charge on any atom is -0.508 e. The molecule has 3 amide bonds. The minimum absolute atomic E-state index is 0.0110. The highest BCUT2D eigenvalue weighted by Crippen LogP contribution is 2.26. The molecule has 1 aliphatic carbocycles. The summed E-state index contributed by atoms with van der Waals surface area (Å²) in [6, 6.07) is 9.48. The lowest BCUT2D eigenvalue weighted by atomic mass is 9.91. The first-order valence-corrected chi connectivity index (χ1v) is 20.0. The van der Waals surface area contributed by atoms with Gasteiger partial charge in [-0.25, -0.2) is 4.79 Å². The quantitative estimate of drug-likeness (QED) is 0.164. The van der Waals surface area contributed by atoms with Crippen molar-refractivity contribution < 1.29 is 48.4 Å². The largest absolute Gasteiger partial charge is 0.508 e. The third-order valence-electron chi connectivity index (χ3n) is 11.0. The first-order chi connectivity index (χ1) is 27.7. The molecular formula is C45H64N4O10. The zero-order chi connectivity index (χ0) is 44.2. The highest BCUT2D eigenvalue weighted by atomic mass is 16.6. The number of rotatable bonds is 20. The summed E-state index contributed by atoms with van der Waals surface area (Å²) in [5.41, 5.74) is 1.19. The van der Waals surface area contributed by atoms with Gasteiger partial charge in [0.1, 0.15) is 35.7 Å². The summed E-state index contributed by atoms with van der Waals surface area (Å²) in [6.07, 6.45) is 5.18. The lowest BCUT2D eigenvalue weighted by Crippen LogP contribution is -2.59. The van der Waals surface area contributed by atoms with E-state index >= 15 is 0 Å². The molecule has 0 radical (unpaired) electrons. The minimum atomic E-state index is -1.22. The standard InChI is InChI=1S/C45H64N4O10/c1-12-29(4)39(59-44(55)36(47(6)7)26-31-15-19-34(57-10)20-16-31)40(51)46-38(28(2)3)42(53)48(8)35(25-30-13-17-33(50)18-14-30)41(52)49(9)37(43(54)58-11)27-32-21-23-45(5,56)24-22-32/h13-23,28-29,35-39,50,56H,12,24-27H2,1-11H3,(H,46,51)/t29-,35+,36+,37-,38-,39+,45?/m0/s1. The van der Waals surface area contributed by atoms with Crippen molar-refractivity contribution in [2.45, 2.75) is 103 Å². The van der Waals surface area contributed by atoms with Crippen LogP contribution < -0.4 is 10.1 Å². The second-order valence-corrected chi connectivity index (χ2v) is 16.2. The molecule has 324 valence electrons. The van der Waals surface area contributed by atoms with E-state index in [2.05, 4.69) is 5.32 Å². The summed E-state index contributed by atoms with van der Waals surface area (Å²) in [6.45, 7) is 8.86. The van der Waals surface area contributed by atoms with Gasteiger partial charge < -0.3 is 39.5 Å². The van der Waals surface area contributed by atoms with Crippen molar-refractivity contribution in [3.8, 4) is 11.5 Å². The van der Waals surface area contributed by atoms with Crippen molar-refractivity contribution in [3.05, 3.63) is 83.5 Å². The molecule has 59 heavy (non-hydrogen) atoms. The Kier molecular flexibility index (Phi) is 17.7. The number of allylic oxidation sites excluding steroid dienone is 1. The van der Waals surface area contributed by atoms with Crippen molar-refractivity contribution in [3.63, 3.8) is 0 Å². The van der Waals surface area contributed by atoms with Crippen LogP contribution >= 0.6 is 0 Å². The van der Waals surface area contributed by atoms with Crippen molar-refractivity contribution in [1.82, 2.24) is 20.0 Å². The molecule has 0 saturated heterocycles. The second-order valence-electron chi connectivity index (χ2n) is 16.2. The maximum Gasteiger partial charge on any atom is 0.328 e. The predicted molar refractivity (Wildman–Crippen MR) is 224 cm³/mol. The fourth-order valence-corrected chi connectivity index (χ4v) is 6.71. The summed E-state index contributed by atoms with van der Waals surface area (Å²) in [4.78, 5) is 74.5. The molecule has 2 aromatic rings. The van der Waals surface area contributed by atoms with Gasteiger partial charge in [-0.1, -0.05) is 70.2 Å². The number of methoxy groups -OCH3 is 2. The van der Waals surface area contributed by atoms with E-state index in [9.17, 15) is 34.2 Å². The van der Waals surface area contributed by atoms with Gasteiger partial charge >= 0.3 is 11.9 Å². The number of likely N-dealkylation sites (N-methyl/N-ethyl adjacent to an activating group) is 3. The van der Waals surface area contributed by atoms with Crippen LogP contribution in [0.4, 0.5) is 0 Å². The van der Waals surface area contributed by atoms with E-state index in [1.54, 1.807) is 96.3 Å². The van der Waals surface area contributed by atoms with E-state index in [1.165, 1.54) is 43.1 Å². The fourth-order valence-electron chi connectivity index (χ4n) is 6.71. The summed E-state index contributed by atoms with van der Waals surface area (Å²) < 4.78 is 16.3. The Hall–Kier alpha value is -5.21. The normalized spacial score (nSPS) is 18.1. The van der Waals surface area contributed by atoms with Gasteiger partial charge in [0.2, 0.25) is 11.8 Å². The smallest absolute Gasteiger partial charge is 0.328 e. The average Bonchev–Trinajstić information content (AvgIpc) is 3.21. The Bertz CT molecular complexity index is 1810. The first kappa shape index (κ1) is 48.2. The number of hydrogen-bond acceptors (Lipinski definition) is 11. The topological polar surface area (TPSA) is 175 Å². The zero-order valence-electron chi connectivity index (χ0n) is 36.4. The predicted octanol–water partition coefficient (Wildman–Crippen LogP) is 4.07. The van der Waals surface area contributed by atoms with E-state index < -0.39 is 77.4 Å². The van der Waals surface area contributed by atoms with E-state index in [4.69, 9.17) is 14.2 Å². The van der Waals surface area contributed by atoms with Crippen LogP contribution in [0, 0.1) is 11.8 Å². The van der Waals surface area contributed by atoms with Gasteiger partial charge in [0, 0.05) is 32.9 Å². The third-order valence-corrected chi connectivity index (χ3v) is 11.0. The number of benzene rings is 2. The van der Waals surface area contributed by atoms with E-state index in [0.717, 1.165) is 11.1 Å². The number of carbonyl (C=O) groups is 5. The Labute approximate surface area is 349 Å². The van der Waals surface area contributed by atoms with Gasteiger partial charge in [-0.05, 0) is 87.2 Å². The number of ether oxygens (including phenoxy) is 3. The summed E-state index contributed by atoms with van der Waals surface area (Å²) in [7, 11) is 9.26. The van der Waals surface area contributed by atoms with Crippen LogP contribution in [0.2, 0.25) is 0 Å². The van der Waals surface area contributed by atoms with E-state index in [-0.39, 0.29) is 18.6 Å². The van der Waals surface area contributed by atoms with Gasteiger partial charge in [-0.15, -0.1) is 0 Å². The summed E-state index contributed by atoms with van der Waals surface area (Å²) in [5, 5.41) is 23.2. The molecule has 0 spiro atoms. The number of esters is 2. The summed E-state index contributed by atoms with van der Waals surface area (Å²) in [5.74, 6) is -3.21. The van der Waals surface area contributed by atoms with E-state index in [0.29, 0.717) is 30.6 Å². The highest BCUT2D eigenvalue weighted by Gasteiger charge is 2.40. The Balaban J connectivity index is 1.92. The molecule has 7 atom stereocenters. The maximum absolute atomic E-state index is 14.6. The molecule has 0 heterocycles. The van der Waals surface area contributed by atoms with Crippen LogP contribution in [-0.4, -0.2) is 133 Å². The number of nitrogens with one attached hydrogen (secondary N) is 1. The second kappa shape index (κ2) is 21.7. The molecule has 0 saturated carbocycles. The molecule has 0 fully saturated rings.